The second kappa shape index (κ2) is 4.76. The number of thiophene rings is 1. The van der Waals surface area contributed by atoms with E-state index in [0.29, 0.717) is 0 Å². The Bertz CT molecular complexity index is 522. The van der Waals surface area contributed by atoms with E-state index in [1.165, 1.54) is 29.0 Å². The van der Waals surface area contributed by atoms with Gasteiger partial charge < -0.3 is 5.73 Å². The largest absolute Gasteiger partial charge is 0.319 e. The third-order valence-corrected chi connectivity index (χ3v) is 5.79. The first-order valence-corrected chi connectivity index (χ1v) is 8.19. The van der Waals surface area contributed by atoms with E-state index in [0.717, 1.165) is 23.5 Å². The molecule has 0 bridgehead atoms. The van der Waals surface area contributed by atoms with Crippen LogP contribution in [0.3, 0.4) is 0 Å². The molecule has 0 spiro atoms. The first-order valence-electron chi connectivity index (χ1n) is 6.50. The van der Waals surface area contributed by atoms with Gasteiger partial charge >= 0.3 is 0 Å². The van der Waals surface area contributed by atoms with E-state index < -0.39 is 0 Å². The number of thiazole rings is 1. The topological polar surface area (TPSA) is 38.9 Å². The third kappa shape index (κ3) is 2.13. The molecule has 2 heterocycles. The maximum absolute atomic E-state index is 6.57. The summed E-state index contributed by atoms with van der Waals surface area (Å²) in [6.45, 7) is 2.16. The fraction of sp³-hybridized carbons (Fsp3) is 0.500. The van der Waals surface area contributed by atoms with Gasteiger partial charge in [0.1, 0.15) is 5.01 Å². The predicted molar refractivity (Wildman–Crippen MR) is 79.1 cm³/mol. The molecule has 96 valence electrons. The lowest BCUT2D eigenvalue weighted by atomic mass is 9.83. The standard InChI is InChI=1S/C14H18N2S2/c1-10-12(11-6-5-9-17-11)16-13(18-10)14(15)7-3-2-4-8-14/h5-6,9H,2-4,7-8,15H2,1H3. The molecule has 2 nitrogen and oxygen atoms in total. The Morgan fingerprint density at radius 2 is 2.06 bits per heavy atom. The summed E-state index contributed by atoms with van der Waals surface area (Å²) in [4.78, 5) is 7.40. The molecule has 1 aliphatic rings. The minimum Gasteiger partial charge on any atom is -0.319 e. The summed E-state index contributed by atoms with van der Waals surface area (Å²) in [7, 11) is 0. The Morgan fingerprint density at radius 1 is 1.28 bits per heavy atom. The Balaban J connectivity index is 1.97. The molecule has 2 aromatic heterocycles. The average molecular weight is 278 g/mol. The highest BCUT2D eigenvalue weighted by Gasteiger charge is 2.33. The van der Waals surface area contributed by atoms with Crippen molar-refractivity contribution in [1.29, 1.82) is 0 Å². The molecule has 0 atom stereocenters. The zero-order valence-electron chi connectivity index (χ0n) is 10.6. The van der Waals surface area contributed by atoms with Crippen LogP contribution in [0.5, 0.6) is 0 Å². The van der Waals surface area contributed by atoms with Crippen LogP contribution < -0.4 is 5.73 Å². The number of aryl methyl sites for hydroxylation is 1. The van der Waals surface area contributed by atoms with Gasteiger partial charge in [-0.25, -0.2) is 4.98 Å². The zero-order chi connectivity index (χ0) is 12.6. The van der Waals surface area contributed by atoms with E-state index in [4.69, 9.17) is 10.7 Å². The van der Waals surface area contributed by atoms with Crippen molar-refractivity contribution < 1.29 is 0 Å². The highest BCUT2D eigenvalue weighted by Crippen LogP contribution is 2.40. The summed E-state index contributed by atoms with van der Waals surface area (Å²) < 4.78 is 0. The summed E-state index contributed by atoms with van der Waals surface area (Å²) >= 11 is 3.54. The van der Waals surface area contributed by atoms with Crippen LogP contribution >= 0.6 is 22.7 Å². The van der Waals surface area contributed by atoms with Crippen LogP contribution in [0, 0.1) is 6.92 Å². The maximum atomic E-state index is 6.57. The Hall–Kier alpha value is -0.710. The van der Waals surface area contributed by atoms with Gasteiger partial charge in [-0.05, 0) is 31.2 Å². The molecule has 0 unspecified atom stereocenters. The summed E-state index contributed by atoms with van der Waals surface area (Å²) in [5, 5.41) is 3.25. The van der Waals surface area contributed by atoms with Crippen molar-refractivity contribution in [3.05, 3.63) is 27.4 Å². The minimum absolute atomic E-state index is 0.164. The fourth-order valence-corrected chi connectivity index (χ4v) is 4.57. The lowest BCUT2D eigenvalue weighted by Crippen LogP contribution is -2.38. The molecule has 0 aliphatic heterocycles. The van der Waals surface area contributed by atoms with Crippen molar-refractivity contribution >= 4 is 22.7 Å². The highest BCUT2D eigenvalue weighted by atomic mass is 32.1. The molecular formula is C14H18N2S2. The maximum Gasteiger partial charge on any atom is 0.113 e. The van der Waals surface area contributed by atoms with Crippen molar-refractivity contribution in [2.45, 2.75) is 44.6 Å². The smallest absolute Gasteiger partial charge is 0.113 e. The minimum atomic E-state index is -0.164. The first-order chi connectivity index (χ1) is 8.69. The van der Waals surface area contributed by atoms with Crippen LogP contribution in [0.2, 0.25) is 0 Å². The number of rotatable bonds is 2. The lowest BCUT2D eigenvalue weighted by molar-refractivity contribution is 0.301. The molecule has 18 heavy (non-hydrogen) atoms. The Morgan fingerprint density at radius 3 is 2.72 bits per heavy atom. The predicted octanol–water partition coefficient (Wildman–Crippen LogP) is 4.30. The number of nitrogens with two attached hydrogens (primary N) is 1. The summed E-state index contributed by atoms with van der Waals surface area (Å²) in [5.41, 5.74) is 7.54. The van der Waals surface area contributed by atoms with E-state index in [-0.39, 0.29) is 5.54 Å². The van der Waals surface area contributed by atoms with Crippen LogP contribution in [0.15, 0.2) is 17.5 Å². The normalized spacial score (nSPS) is 19.0. The average Bonchev–Trinajstić information content (AvgIpc) is 2.98. The molecule has 2 N–H and O–H groups in total. The zero-order valence-corrected chi connectivity index (χ0v) is 12.2. The van der Waals surface area contributed by atoms with Gasteiger partial charge in [0, 0.05) is 4.88 Å². The van der Waals surface area contributed by atoms with Gasteiger partial charge in [-0.1, -0.05) is 25.3 Å². The molecule has 0 aromatic carbocycles. The van der Waals surface area contributed by atoms with Gasteiger partial charge in [-0.15, -0.1) is 22.7 Å². The third-order valence-electron chi connectivity index (χ3n) is 3.72. The fourth-order valence-electron chi connectivity index (χ4n) is 2.65. The van der Waals surface area contributed by atoms with Gasteiger partial charge in [0.25, 0.3) is 0 Å². The SMILES string of the molecule is Cc1sc(C2(N)CCCCC2)nc1-c1cccs1. The number of hydrogen-bond donors (Lipinski definition) is 1. The number of aromatic nitrogens is 1. The van der Waals surface area contributed by atoms with Crippen LogP contribution in [-0.2, 0) is 5.54 Å². The van der Waals surface area contributed by atoms with E-state index in [9.17, 15) is 0 Å². The van der Waals surface area contributed by atoms with Gasteiger partial charge in [0.05, 0.1) is 16.1 Å². The molecule has 2 aromatic rings. The van der Waals surface area contributed by atoms with E-state index >= 15 is 0 Å². The van der Waals surface area contributed by atoms with Crippen molar-refractivity contribution in [1.82, 2.24) is 4.98 Å². The van der Waals surface area contributed by atoms with E-state index in [2.05, 4.69) is 24.4 Å². The lowest BCUT2D eigenvalue weighted by Gasteiger charge is -2.31. The number of nitrogens with zero attached hydrogens (tertiary/aromatic N) is 1. The molecular weight excluding hydrogens is 260 g/mol. The van der Waals surface area contributed by atoms with Gasteiger partial charge in [0.2, 0.25) is 0 Å². The van der Waals surface area contributed by atoms with Crippen molar-refractivity contribution in [2.75, 3.05) is 0 Å². The van der Waals surface area contributed by atoms with Gasteiger partial charge in [-0.3, -0.25) is 0 Å². The van der Waals surface area contributed by atoms with Gasteiger partial charge in [0.15, 0.2) is 0 Å². The quantitative estimate of drug-likeness (QED) is 0.889. The van der Waals surface area contributed by atoms with Crippen LogP contribution in [0.1, 0.15) is 42.0 Å². The molecule has 0 amide bonds. The molecule has 3 rings (SSSR count). The monoisotopic (exact) mass is 278 g/mol. The molecule has 0 radical (unpaired) electrons. The van der Waals surface area contributed by atoms with Crippen LogP contribution in [0.4, 0.5) is 0 Å². The Kier molecular flexibility index (Phi) is 3.26. The Labute approximate surface area is 116 Å². The second-order valence-electron chi connectivity index (χ2n) is 5.12. The van der Waals surface area contributed by atoms with Crippen LogP contribution in [-0.4, -0.2) is 4.98 Å². The molecule has 1 fully saturated rings. The second-order valence-corrected chi connectivity index (χ2v) is 7.27. The van der Waals surface area contributed by atoms with Crippen molar-refractivity contribution in [3.63, 3.8) is 0 Å². The summed E-state index contributed by atoms with van der Waals surface area (Å²) in [5.74, 6) is 0. The van der Waals surface area contributed by atoms with E-state index in [1.54, 1.807) is 22.7 Å². The van der Waals surface area contributed by atoms with Crippen molar-refractivity contribution in [3.8, 4) is 10.6 Å². The van der Waals surface area contributed by atoms with Gasteiger partial charge in [-0.2, -0.15) is 0 Å². The summed E-state index contributed by atoms with van der Waals surface area (Å²) in [6.07, 6.45) is 5.97. The molecule has 1 saturated carbocycles. The van der Waals surface area contributed by atoms with Crippen molar-refractivity contribution in [2.24, 2.45) is 5.73 Å². The number of hydrogen-bond acceptors (Lipinski definition) is 4. The van der Waals surface area contributed by atoms with E-state index in [1.807, 2.05) is 0 Å². The summed E-state index contributed by atoms with van der Waals surface area (Å²) in [6, 6.07) is 4.22. The first kappa shape index (κ1) is 12.3. The highest BCUT2D eigenvalue weighted by molar-refractivity contribution is 7.15. The molecule has 0 saturated heterocycles. The van der Waals surface area contributed by atoms with Crippen LogP contribution in [0.25, 0.3) is 10.6 Å². The molecule has 1 aliphatic carbocycles. The molecule has 4 heteroatoms.